The van der Waals surface area contributed by atoms with Crippen molar-refractivity contribution in [3.8, 4) is 11.5 Å². The largest absolute Gasteiger partial charge is 0.512 e. The zero-order chi connectivity index (χ0) is 26.2. The summed E-state index contributed by atoms with van der Waals surface area (Å²) in [6.07, 6.45) is 5.25. The lowest BCUT2D eigenvalue weighted by molar-refractivity contribution is -0.117. The molecule has 198 valence electrons. The molecule has 2 fully saturated rings. The van der Waals surface area contributed by atoms with E-state index >= 15 is 0 Å². The minimum absolute atomic E-state index is 0.0282. The van der Waals surface area contributed by atoms with Crippen LogP contribution in [0.4, 0.5) is 0 Å². The number of hydrogen-bond donors (Lipinski definition) is 6. The van der Waals surface area contributed by atoms with Crippen molar-refractivity contribution in [1.82, 2.24) is 5.32 Å². The first-order valence-electron chi connectivity index (χ1n) is 13.2. The van der Waals surface area contributed by atoms with Crippen molar-refractivity contribution in [2.45, 2.75) is 69.6 Å². The number of ketones is 1. The fraction of sp³-hybridized carbons (Fsp3) is 0.571. The Hall–Kier alpha value is -3.04. The highest BCUT2D eigenvalue weighted by Gasteiger charge is 2.55. The second-order valence-corrected chi connectivity index (χ2v) is 11.6. The Kier molecular flexibility index (Phi) is 5.58. The molecule has 1 aromatic rings. The monoisotopic (exact) mass is 510 g/mol. The van der Waals surface area contributed by atoms with Crippen LogP contribution < -0.4 is 15.8 Å². The summed E-state index contributed by atoms with van der Waals surface area (Å²) < 4.78 is 5.78. The van der Waals surface area contributed by atoms with Gasteiger partial charge in [0.05, 0.1) is 18.2 Å². The van der Waals surface area contributed by atoms with Gasteiger partial charge in [0, 0.05) is 48.0 Å². The van der Waals surface area contributed by atoms with E-state index in [1.54, 1.807) is 13.2 Å². The average molecular weight is 511 g/mol. The summed E-state index contributed by atoms with van der Waals surface area (Å²) in [5.41, 5.74) is 4.82. The van der Waals surface area contributed by atoms with E-state index in [1.807, 2.05) is 0 Å². The molecule has 2 unspecified atom stereocenters. The molecule has 2 saturated carbocycles. The molecular formula is C28H34N2O7. The number of rotatable bonds is 5. The molecule has 0 saturated heterocycles. The number of aliphatic hydroxyl groups excluding tert-OH is 2. The van der Waals surface area contributed by atoms with Crippen LogP contribution in [0.15, 0.2) is 28.7 Å². The molecule has 0 aliphatic heterocycles. The van der Waals surface area contributed by atoms with Crippen LogP contribution in [-0.2, 0) is 17.8 Å². The molecule has 1 aromatic carbocycles. The number of hydrogen-bond acceptors (Lipinski definition) is 8. The number of aromatic hydroxyl groups is 1. The fourth-order valence-corrected chi connectivity index (χ4v) is 7.91. The van der Waals surface area contributed by atoms with Crippen LogP contribution in [0.5, 0.6) is 11.5 Å². The zero-order valence-electron chi connectivity index (χ0n) is 20.9. The molecule has 37 heavy (non-hydrogen) atoms. The van der Waals surface area contributed by atoms with Crippen molar-refractivity contribution in [3.63, 3.8) is 0 Å². The van der Waals surface area contributed by atoms with Crippen LogP contribution in [0.25, 0.3) is 0 Å². The van der Waals surface area contributed by atoms with Crippen LogP contribution in [0.2, 0.25) is 0 Å². The van der Waals surface area contributed by atoms with Crippen LogP contribution in [0.1, 0.15) is 66.4 Å². The number of nitrogens with one attached hydrogen (secondary N) is 1. The Morgan fingerprint density at radius 1 is 1.19 bits per heavy atom. The molecule has 0 aromatic heterocycles. The lowest BCUT2D eigenvalue weighted by atomic mass is 9.60. The van der Waals surface area contributed by atoms with E-state index < -0.39 is 34.9 Å². The number of Topliss-reactive ketones (excluding diaryl/α,β-unsaturated/α-hetero) is 1. The maximum Gasteiger partial charge on any atom is 0.248 e. The highest BCUT2D eigenvalue weighted by Crippen LogP contribution is 2.54. The Morgan fingerprint density at radius 3 is 2.62 bits per heavy atom. The van der Waals surface area contributed by atoms with Gasteiger partial charge in [-0.3, -0.25) is 9.59 Å². The molecule has 9 nitrogen and oxygen atoms in total. The van der Waals surface area contributed by atoms with Crippen molar-refractivity contribution >= 4 is 11.7 Å². The lowest BCUT2D eigenvalue weighted by Crippen LogP contribution is -2.51. The number of carbonyl (C=O) groups is 2. The van der Waals surface area contributed by atoms with Crippen molar-refractivity contribution in [3.05, 3.63) is 45.4 Å². The molecule has 6 atom stereocenters. The lowest BCUT2D eigenvalue weighted by Gasteiger charge is -2.47. The van der Waals surface area contributed by atoms with Crippen LogP contribution in [-0.4, -0.2) is 50.9 Å². The number of fused-ring (bicyclic) bond motifs is 5. The van der Waals surface area contributed by atoms with Gasteiger partial charge in [-0.15, -0.1) is 0 Å². The molecule has 0 heterocycles. The summed E-state index contributed by atoms with van der Waals surface area (Å²) in [5, 5.41) is 47.6. The second-order valence-electron chi connectivity index (χ2n) is 11.6. The van der Waals surface area contributed by atoms with Gasteiger partial charge in [-0.1, -0.05) is 6.42 Å². The van der Waals surface area contributed by atoms with Crippen molar-refractivity contribution in [2.24, 2.45) is 29.4 Å². The molecule has 0 radical (unpaired) electrons. The normalized spacial score (nSPS) is 34.3. The number of benzene rings is 1. The van der Waals surface area contributed by atoms with Gasteiger partial charge in [0.2, 0.25) is 5.91 Å². The maximum atomic E-state index is 13.7. The summed E-state index contributed by atoms with van der Waals surface area (Å²) in [7, 11) is 1.55. The minimum atomic E-state index is -1.89. The van der Waals surface area contributed by atoms with Gasteiger partial charge >= 0.3 is 0 Å². The first-order valence-corrected chi connectivity index (χ1v) is 13.2. The number of ether oxygens (including phenoxy) is 1. The van der Waals surface area contributed by atoms with Crippen LogP contribution in [0, 0.1) is 23.7 Å². The third-order valence-electron chi connectivity index (χ3n) is 9.70. The van der Waals surface area contributed by atoms with E-state index in [4.69, 9.17) is 10.5 Å². The fourth-order valence-electron chi connectivity index (χ4n) is 7.91. The number of allylic oxidation sites excluding steroid dienone is 2. The van der Waals surface area contributed by atoms with Gasteiger partial charge < -0.3 is 36.2 Å². The quantitative estimate of drug-likeness (QED) is 0.352. The number of amides is 1. The van der Waals surface area contributed by atoms with Gasteiger partial charge in [0.15, 0.2) is 5.78 Å². The van der Waals surface area contributed by atoms with Gasteiger partial charge in [0.25, 0.3) is 0 Å². The summed E-state index contributed by atoms with van der Waals surface area (Å²) in [6.45, 7) is 0.516. The SMILES string of the molecule is COc1c(CN[C@@H]2CC3CCC2C3)cc(O)c2c1C[C@H]1C[C@H]3CC(O)=C(C(N)=O)C[C@@]3(O)C(O)=C1C2=O. The number of phenols is 1. The summed E-state index contributed by atoms with van der Waals surface area (Å²) in [6, 6.07) is 2.00. The Morgan fingerprint density at radius 2 is 1.97 bits per heavy atom. The number of phenolic OH excluding ortho intramolecular Hbond substituents is 1. The van der Waals surface area contributed by atoms with E-state index in [0.717, 1.165) is 11.5 Å². The van der Waals surface area contributed by atoms with Crippen molar-refractivity contribution in [2.75, 3.05) is 7.11 Å². The Bertz CT molecular complexity index is 1270. The van der Waals surface area contributed by atoms with Crippen LogP contribution >= 0.6 is 0 Å². The van der Waals surface area contributed by atoms with Crippen molar-refractivity contribution in [1.29, 1.82) is 0 Å². The third kappa shape index (κ3) is 3.58. The maximum absolute atomic E-state index is 13.7. The predicted molar refractivity (Wildman–Crippen MR) is 133 cm³/mol. The van der Waals surface area contributed by atoms with Gasteiger partial charge in [-0.05, 0) is 55.9 Å². The summed E-state index contributed by atoms with van der Waals surface area (Å²) in [4.78, 5) is 25.5. The van der Waals surface area contributed by atoms with E-state index in [0.29, 0.717) is 42.7 Å². The number of aliphatic hydroxyl groups is 3. The topological polar surface area (TPSA) is 162 Å². The number of nitrogens with two attached hydrogens (primary N) is 1. The van der Waals surface area contributed by atoms with Crippen LogP contribution in [0.3, 0.4) is 0 Å². The molecule has 5 aliphatic carbocycles. The summed E-state index contributed by atoms with van der Waals surface area (Å²) >= 11 is 0. The number of methoxy groups -OCH3 is 1. The molecule has 9 heteroatoms. The van der Waals surface area contributed by atoms with Gasteiger partial charge in [-0.25, -0.2) is 0 Å². The van der Waals surface area contributed by atoms with E-state index in [1.165, 1.54) is 25.7 Å². The molecular weight excluding hydrogens is 476 g/mol. The predicted octanol–water partition coefficient (Wildman–Crippen LogP) is 2.69. The molecule has 2 bridgehead atoms. The highest BCUT2D eigenvalue weighted by atomic mass is 16.5. The highest BCUT2D eigenvalue weighted by molar-refractivity contribution is 6.14. The standard InChI is InChI=1S/C28H34N2O7/c1-37-25-15(11-30-19-5-12-2-3-13(19)4-12)8-21(32)23-17(25)7-14-6-16-9-20(31)18(27(29)35)10-28(16,36)26(34)22(14)24(23)33/h8,12-14,16,19,30-32,34,36H,2-7,9-11H2,1H3,(H2,29,35)/t12?,13?,14-,16+,19-,28+/m1/s1. The molecule has 6 rings (SSSR count). The first kappa shape index (κ1) is 24.3. The van der Waals surface area contributed by atoms with E-state index in [2.05, 4.69) is 5.32 Å². The van der Waals surface area contributed by atoms with Gasteiger partial charge in [-0.2, -0.15) is 0 Å². The van der Waals surface area contributed by atoms with Gasteiger partial charge in [0.1, 0.15) is 28.6 Å². The zero-order valence-corrected chi connectivity index (χ0v) is 20.9. The number of carbonyl (C=O) groups excluding carboxylic acids is 2. The first-order chi connectivity index (χ1) is 17.6. The van der Waals surface area contributed by atoms with E-state index in [-0.39, 0.29) is 41.1 Å². The third-order valence-corrected chi connectivity index (χ3v) is 9.70. The smallest absolute Gasteiger partial charge is 0.248 e. The second kappa shape index (κ2) is 8.49. The minimum Gasteiger partial charge on any atom is -0.512 e. The Balaban J connectivity index is 1.35. The molecule has 7 N–H and O–H groups in total. The molecule has 5 aliphatic rings. The summed E-state index contributed by atoms with van der Waals surface area (Å²) in [5.74, 6) is -1.29. The average Bonchev–Trinajstić information content (AvgIpc) is 3.47. The molecule has 1 amide bonds. The Labute approximate surface area is 215 Å². The number of primary amides is 1. The van der Waals surface area contributed by atoms with E-state index in [9.17, 15) is 30.0 Å². The van der Waals surface area contributed by atoms with Crippen molar-refractivity contribution < 1.29 is 34.8 Å². The molecule has 0 spiro atoms.